The zero-order chi connectivity index (χ0) is 26.8. The molecule has 37 heavy (non-hydrogen) atoms. The molecule has 3 heterocycles. The number of carbonyl (C=O) groups excluding carboxylic acids is 1. The second-order valence-corrected chi connectivity index (χ2v) is 10.9. The molecule has 8 atom stereocenters. The number of hydrogen-bond donors (Lipinski definition) is 3. The minimum Gasteiger partial charge on any atom is -0.456 e. The number of hydrogen-bond acceptors (Lipinski definition) is 7. The average molecular weight is 517 g/mol. The molecular formula is C30H44O7. The lowest BCUT2D eigenvalue weighted by molar-refractivity contribution is -0.149. The van der Waals surface area contributed by atoms with Crippen molar-refractivity contribution in [2.24, 2.45) is 5.92 Å². The third-order valence-electron chi connectivity index (χ3n) is 7.05. The van der Waals surface area contributed by atoms with Crippen molar-refractivity contribution < 1.29 is 34.3 Å². The Morgan fingerprint density at radius 3 is 2.68 bits per heavy atom. The minimum atomic E-state index is -1.13. The molecule has 0 aromatic heterocycles. The van der Waals surface area contributed by atoms with Gasteiger partial charge in [-0.25, -0.2) is 4.79 Å². The van der Waals surface area contributed by atoms with E-state index in [1.54, 1.807) is 18.2 Å². The molecule has 0 aromatic rings. The maximum atomic E-state index is 12.6. The summed E-state index contributed by atoms with van der Waals surface area (Å²) >= 11 is 0. The molecule has 0 fully saturated rings. The standard InChI is InChI=1S/C30H44O7/c1-20-12-13-35-26(16-20)10-11-28(33)29-19-24(32)18-23(31)15-21(2)14-22(3)17-27-8-4-6-25(36-27)7-5-9-30(34)37-29/h4-6,9-12,22-29,31-33H,2,7-8,13-19H2,1,3H3/b9-5+,11-10+/t22-,23-,24-,25-,26+,27-,28-,29-/m0/s1. The third kappa shape index (κ3) is 10.7. The van der Waals surface area contributed by atoms with Gasteiger partial charge in [0.1, 0.15) is 12.2 Å². The number of aliphatic hydroxyl groups is 3. The molecule has 7 nitrogen and oxygen atoms in total. The van der Waals surface area contributed by atoms with Crippen LogP contribution in [0.15, 0.2) is 60.3 Å². The van der Waals surface area contributed by atoms with Crippen LogP contribution in [0.5, 0.6) is 0 Å². The van der Waals surface area contributed by atoms with Gasteiger partial charge in [0.15, 0.2) is 0 Å². The summed E-state index contributed by atoms with van der Waals surface area (Å²) in [7, 11) is 0. The van der Waals surface area contributed by atoms with Crippen LogP contribution in [0, 0.1) is 5.92 Å². The molecule has 0 aromatic carbocycles. The molecule has 206 valence electrons. The lowest BCUT2D eigenvalue weighted by atomic mass is 9.90. The highest BCUT2D eigenvalue weighted by molar-refractivity contribution is 5.82. The molecule has 3 N–H and O–H groups in total. The van der Waals surface area contributed by atoms with Gasteiger partial charge in [0.2, 0.25) is 0 Å². The molecule has 2 bridgehead atoms. The van der Waals surface area contributed by atoms with Crippen molar-refractivity contribution in [1.82, 2.24) is 0 Å². The molecule has 0 unspecified atom stereocenters. The van der Waals surface area contributed by atoms with Crippen LogP contribution in [-0.4, -0.2) is 70.6 Å². The van der Waals surface area contributed by atoms with Crippen molar-refractivity contribution in [2.75, 3.05) is 6.61 Å². The SMILES string of the molecule is C=C1C[C@H](C)C[C@@H]2CC=C[C@@H](C/C=C/C(=O)O[C@H]([C@@H](O)/C=C/[C@@H]3CC(C)=CCO3)C[C@@H](O)C[C@@H](O)C1)O2. The van der Waals surface area contributed by atoms with E-state index in [-0.39, 0.29) is 31.2 Å². The normalized spacial score (nSPS) is 36.8. The van der Waals surface area contributed by atoms with Crippen molar-refractivity contribution in [3.8, 4) is 0 Å². The van der Waals surface area contributed by atoms with Crippen LogP contribution in [-0.2, 0) is 19.0 Å². The monoisotopic (exact) mass is 516 g/mol. The van der Waals surface area contributed by atoms with E-state index >= 15 is 0 Å². The Balaban J connectivity index is 1.71. The van der Waals surface area contributed by atoms with Crippen molar-refractivity contribution in [3.05, 3.63) is 60.3 Å². The number of esters is 1. The number of carbonyl (C=O) groups is 1. The summed E-state index contributed by atoms with van der Waals surface area (Å²) < 4.78 is 17.4. The molecule has 0 amide bonds. The smallest absolute Gasteiger partial charge is 0.330 e. The fourth-order valence-electron chi connectivity index (χ4n) is 5.22. The summed E-state index contributed by atoms with van der Waals surface area (Å²) in [6, 6.07) is 0. The number of rotatable bonds is 3. The zero-order valence-corrected chi connectivity index (χ0v) is 22.2. The molecule has 0 radical (unpaired) electrons. The first-order chi connectivity index (χ1) is 17.7. The zero-order valence-electron chi connectivity index (χ0n) is 22.2. The van der Waals surface area contributed by atoms with Crippen LogP contribution < -0.4 is 0 Å². The van der Waals surface area contributed by atoms with Crippen LogP contribution in [0.2, 0.25) is 0 Å². The van der Waals surface area contributed by atoms with Gasteiger partial charge in [-0.3, -0.25) is 0 Å². The first-order valence-electron chi connectivity index (χ1n) is 13.5. The van der Waals surface area contributed by atoms with Gasteiger partial charge in [-0.1, -0.05) is 61.1 Å². The number of ether oxygens (including phenoxy) is 3. The fraction of sp³-hybridized carbons (Fsp3) is 0.633. The molecule has 0 aliphatic carbocycles. The minimum absolute atomic E-state index is 0.00830. The van der Waals surface area contributed by atoms with E-state index in [0.717, 1.165) is 31.3 Å². The van der Waals surface area contributed by atoms with Crippen molar-refractivity contribution >= 4 is 5.97 Å². The predicted molar refractivity (Wildman–Crippen MR) is 143 cm³/mol. The predicted octanol–water partition coefficient (Wildman–Crippen LogP) is 4.09. The molecule has 0 saturated heterocycles. The summed E-state index contributed by atoms with van der Waals surface area (Å²) in [5.74, 6) is -0.248. The van der Waals surface area contributed by atoms with Crippen molar-refractivity contribution in [2.45, 2.75) is 108 Å². The molecule has 3 aliphatic heterocycles. The highest BCUT2D eigenvalue weighted by Crippen LogP contribution is 2.26. The van der Waals surface area contributed by atoms with Gasteiger partial charge in [0.05, 0.1) is 37.1 Å². The van der Waals surface area contributed by atoms with Crippen LogP contribution in [0.1, 0.15) is 65.2 Å². The van der Waals surface area contributed by atoms with E-state index < -0.39 is 30.4 Å². The lowest BCUT2D eigenvalue weighted by Crippen LogP contribution is -2.34. The number of aliphatic hydroxyl groups excluding tert-OH is 3. The Morgan fingerprint density at radius 2 is 1.89 bits per heavy atom. The maximum Gasteiger partial charge on any atom is 0.330 e. The Hall–Kier alpha value is -2.03. The highest BCUT2D eigenvalue weighted by Gasteiger charge is 2.27. The average Bonchev–Trinajstić information content (AvgIpc) is 2.81. The van der Waals surface area contributed by atoms with Crippen LogP contribution >= 0.6 is 0 Å². The summed E-state index contributed by atoms with van der Waals surface area (Å²) in [6.45, 7) is 8.85. The summed E-state index contributed by atoms with van der Waals surface area (Å²) in [6.07, 6.45) is 12.8. The summed E-state index contributed by atoms with van der Waals surface area (Å²) in [5.41, 5.74) is 2.15. The van der Waals surface area contributed by atoms with E-state index in [1.807, 2.05) is 19.1 Å². The maximum absolute atomic E-state index is 12.6. The molecule has 0 spiro atoms. The van der Waals surface area contributed by atoms with E-state index in [2.05, 4.69) is 19.6 Å². The van der Waals surface area contributed by atoms with E-state index in [1.165, 1.54) is 11.6 Å². The van der Waals surface area contributed by atoms with Crippen LogP contribution in [0.25, 0.3) is 0 Å². The molecular weight excluding hydrogens is 472 g/mol. The fourth-order valence-corrected chi connectivity index (χ4v) is 5.22. The lowest BCUT2D eigenvalue weighted by Gasteiger charge is -2.28. The Kier molecular flexibility index (Phi) is 11.8. The van der Waals surface area contributed by atoms with Crippen LogP contribution in [0.4, 0.5) is 0 Å². The van der Waals surface area contributed by atoms with Gasteiger partial charge >= 0.3 is 5.97 Å². The topological polar surface area (TPSA) is 105 Å². The van der Waals surface area contributed by atoms with E-state index in [9.17, 15) is 20.1 Å². The first-order valence-corrected chi connectivity index (χ1v) is 13.5. The van der Waals surface area contributed by atoms with E-state index in [4.69, 9.17) is 14.2 Å². The molecule has 3 aliphatic rings. The Bertz CT molecular complexity index is 873. The van der Waals surface area contributed by atoms with Gasteiger partial charge in [0, 0.05) is 12.5 Å². The summed E-state index contributed by atoms with van der Waals surface area (Å²) in [5, 5.41) is 32.1. The molecule has 3 rings (SSSR count). The van der Waals surface area contributed by atoms with E-state index in [0.29, 0.717) is 25.4 Å². The Labute approximate surface area is 221 Å². The molecule has 0 saturated carbocycles. The van der Waals surface area contributed by atoms with Crippen molar-refractivity contribution in [3.63, 3.8) is 0 Å². The highest BCUT2D eigenvalue weighted by atomic mass is 16.6. The first kappa shape index (κ1) is 29.5. The number of cyclic esters (lactones) is 1. The van der Waals surface area contributed by atoms with Crippen LogP contribution in [0.3, 0.4) is 0 Å². The van der Waals surface area contributed by atoms with Gasteiger partial charge in [-0.2, -0.15) is 0 Å². The number of fused-ring (bicyclic) bond motifs is 2. The quantitative estimate of drug-likeness (QED) is 0.383. The summed E-state index contributed by atoms with van der Waals surface area (Å²) in [4.78, 5) is 12.6. The van der Waals surface area contributed by atoms with Gasteiger partial charge < -0.3 is 29.5 Å². The van der Waals surface area contributed by atoms with Gasteiger partial charge in [-0.05, 0) is 57.8 Å². The van der Waals surface area contributed by atoms with Crippen molar-refractivity contribution in [1.29, 1.82) is 0 Å². The molecule has 7 heteroatoms. The van der Waals surface area contributed by atoms with Gasteiger partial charge in [0.25, 0.3) is 0 Å². The third-order valence-corrected chi connectivity index (χ3v) is 7.05. The Morgan fingerprint density at radius 1 is 1.08 bits per heavy atom. The largest absolute Gasteiger partial charge is 0.456 e. The second kappa shape index (κ2) is 14.8. The second-order valence-electron chi connectivity index (χ2n) is 10.9. The van der Waals surface area contributed by atoms with Gasteiger partial charge in [-0.15, -0.1) is 0 Å².